The number of ether oxygens (including phenoxy) is 1. The molecule has 0 aliphatic carbocycles. The Balaban J connectivity index is 1.84. The number of amides is 3. The van der Waals surface area contributed by atoms with Crippen LogP contribution in [0.1, 0.15) is 23.7 Å². The molecule has 3 N–H and O–H groups in total. The van der Waals surface area contributed by atoms with Crippen LogP contribution in [0.5, 0.6) is 5.75 Å². The highest BCUT2D eigenvalue weighted by Crippen LogP contribution is 2.31. The molecule has 3 rings (SSSR count). The molecular formula is C19H18ClN3O4. The number of nitrogens with one attached hydrogen (secondary N) is 1. The Morgan fingerprint density at radius 1 is 1.30 bits per heavy atom. The topological polar surface area (TPSA) is 102 Å². The Morgan fingerprint density at radius 3 is 2.78 bits per heavy atom. The number of nitrogens with zero attached hydrogens (tertiary/aromatic N) is 1. The number of primary amides is 1. The summed E-state index contributed by atoms with van der Waals surface area (Å²) >= 11 is 5.88. The molecule has 0 spiro atoms. The normalized spacial score (nSPS) is 16.1. The van der Waals surface area contributed by atoms with Gasteiger partial charge in [-0.15, -0.1) is 0 Å². The van der Waals surface area contributed by atoms with E-state index in [4.69, 9.17) is 22.1 Å². The maximum Gasteiger partial charge on any atom is 0.265 e. The Bertz CT molecular complexity index is 916. The van der Waals surface area contributed by atoms with Crippen molar-refractivity contribution in [3.63, 3.8) is 0 Å². The maximum absolute atomic E-state index is 12.9. The zero-order valence-electron chi connectivity index (χ0n) is 14.6. The molecule has 140 valence electrons. The number of hydrogen-bond donors (Lipinski definition) is 2. The van der Waals surface area contributed by atoms with Crippen LogP contribution in [0.3, 0.4) is 0 Å². The van der Waals surface area contributed by atoms with Crippen molar-refractivity contribution >= 4 is 40.7 Å². The first-order chi connectivity index (χ1) is 12.9. The first-order valence-electron chi connectivity index (χ1n) is 8.30. The quantitative estimate of drug-likeness (QED) is 0.841. The molecule has 27 heavy (non-hydrogen) atoms. The number of fused-ring (bicyclic) bond motifs is 1. The van der Waals surface area contributed by atoms with Crippen molar-refractivity contribution < 1.29 is 19.1 Å². The lowest BCUT2D eigenvalue weighted by Crippen LogP contribution is -2.41. The van der Waals surface area contributed by atoms with Gasteiger partial charge in [-0.05, 0) is 37.3 Å². The van der Waals surface area contributed by atoms with Gasteiger partial charge in [0.15, 0.2) is 6.61 Å². The number of benzene rings is 2. The van der Waals surface area contributed by atoms with Gasteiger partial charge in [0.05, 0.1) is 16.9 Å². The van der Waals surface area contributed by atoms with Crippen molar-refractivity contribution in [2.75, 3.05) is 16.8 Å². The van der Waals surface area contributed by atoms with Crippen molar-refractivity contribution in [2.24, 2.45) is 5.73 Å². The van der Waals surface area contributed by atoms with E-state index in [0.29, 0.717) is 16.4 Å². The molecule has 1 heterocycles. The summed E-state index contributed by atoms with van der Waals surface area (Å²) in [5, 5.41) is 3.13. The molecule has 2 aromatic carbocycles. The fraction of sp³-hybridized carbons (Fsp3) is 0.211. The van der Waals surface area contributed by atoms with E-state index in [1.54, 1.807) is 37.3 Å². The van der Waals surface area contributed by atoms with E-state index in [-0.39, 0.29) is 42.2 Å². The summed E-state index contributed by atoms with van der Waals surface area (Å²) < 4.78 is 5.54. The molecule has 1 atom stereocenters. The van der Waals surface area contributed by atoms with E-state index >= 15 is 0 Å². The van der Waals surface area contributed by atoms with E-state index in [0.717, 1.165) is 0 Å². The lowest BCUT2D eigenvalue weighted by atomic mass is 10.1. The first-order valence-corrected chi connectivity index (χ1v) is 8.67. The molecule has 0 bridgehead atoms. The molecule has 0 aromatic heterocycles. The highest BCUT2D eigenvalue weighted by atomic mass is 35.5. The number of hydrogen-bond acceptors (Lipinski definition) is 4. The molecule has 2 aromatic rings. The van der Waals surface area contributed by atoms with Gasteiger partial charge in [0.1, 0.15) is 5.75 Å². The highest BCUT2D eigenvalue weighted by Gasteiger charge is 2.29. The Labute approximate surface area is 161 Å². The number of halogens is 1. The second-order valence-corrected chi connectivity index (χ2v) is 6.61. The van der Waals surface area contributed by atoms with Gasteiger partial charge >= 0.3 is 0 Å². The minimum absolute atomic E-state index is 0.0939. The van der Waals surface area contributed by atoms with Crippen molar-refractivity contribution in [1.82, 2.24) is 0 Å². The highest BCUT2D eigenvalue weighted by molar-refractivity contribution is 6.31. The number of rotatable bonds is 4. The second kappa shape index (κ2) is 7.67. The summed E-state index contributed by atoms with van der Waals surface area (Å²) in [5.41, 5.74) is 6.58. The third-order valence-electron chi connectivity index (χ3n) is 4.19. The number of para-hydroxylation sites is 2. The van der Waals surface area contributed by atoms with E-state index in [2.05, 4.69) is 5.32 Å². The summed E-state index contributed by atoms with van der Waals surface area (Å²) in [6.07, 6.45) is 0.161. The predicted octanol–water partition coefficient (Wildman–Crippen LogP) is 2.58. The maximum atomic E-state index is 12.9. The molecule has 0 radical (unpaired) electrons. The average Bonchev–Trinajstić information content (AvgIpc) is 2.74. The minimum Gasteiger partial charge on any atom is -0.483 e. The van der Waals surface area contributed by atoms with Gasteiger partial charge < -0.3 is 20.7 Å². The van der Waals surface area contributed by atoms with Crippen LogP contribution >= 0.6 is 11.6 Å². The Morgan fingerprint density at radius 2 is 2.04 bits per heavy atom. The number of anilines is 2. The van der Waals surface area contributed by atoms with Gasteiger partial charge in [0.25, 0.3) is 11.8 Å². The molecule has 0 saturated heterocycles. The van der Waals surface area contributed by atoms with Crippen LogP contribution in [0.15, 0.2) is 42.5 Å². The van der Waals surface area contributed by atoms with E-state index < -0.39 is 5.91 Å². The van der Waals surface area contributed by atoms with Crippen LogP contribution in [0, 0.1) is 0 Å². The largest absolute Gasteiger partial charge is 0.483 e. The van der Waals surface area contributed by atoms with Gasteiger partial charge in [0, 0.05) is 17.5 Å². The summed E-state index contributed by atoms with van der Waals surface area (Å²) in [4.78, 5) is 38.0. The van der Waals surface area contributed by atoms with Crippen molar-refractivity contribution in [1.29, 1.82) is 0 Å². The lowest BCUT2D eigenvalue weighted by molar-refractivity contribution is -0.121. The molecular weight excluding hydrogens is 370 g/mol. The van der Waals surface area contributed by atoms with E-state index in [1.165, 1.54) is 17.0 Å². The third-order valence-corrected chi connectivity index (χ3v) is 4.42. The summed E-state index contributed by atoms with van der Waals surface area (Å²) in [5.74, 6) is -1.05. The standard InChI is InChI=1S/C19H18ClN3O4/c1-11-8-17(24)22-14-4-2-3-5-15(14)23(11)18(25)10-27-16-7-6-12(20)9-13(16)19(21)26/h2-7,9,11H,8,10H2,1H3,(H2,21,26)(H,22,24). The molecule has 0 fully saturated rings. The van der Waals surface area contributed by atoms with Crippen molar-refractivity contribution in [2.45, 2.75) is 19.4 Å². The van der Waals surface area contributed by atoms with Crippen LogP contribution in [0.25, 0.3) is 0 Å². The van der Waals surface area contributed by atoms with Crippen LogP contribution in [-0.2, 0) is 9.59 Å². The number of nitrogens with two attached hydrogens (primary N) is 1. The summed E-state index contributed by atoms with van der Waals surface area (Å²) in [6.45, 7) is 1.46. The van der Waals surface area contributed by atoms with Crippen LogP contribution in [-0.4, -0.2) is 30.4 Å². The lowest BCUT2D eigenvalue weighted by Gasteiger charge is -2.27. The molecule has 8 heteroatoms. The van der Waals surface area contributed by atoms with Crippen molar-refractivity contribution in [3.05, 3.63) is 53.1 Å². The Kier molecular flexibility index (Phi) is 5.32. The van der Waals surface area contributed by atoms with Crippen molar-refractivity contribution in [3.8, 4) is 5.75 Å². The zero-order valence-corrected chi connectivity index (χ0v) is 15.3. The third kappa shape index (κ3) is 4.03. The average molecular weight is 388 g/mol. The van der Waals surface area contributed by atoms with Gasteiger partial charge in [-0.2, -0.15) is 0 Å². The van der Waals surface area contributed by atoms with Crippen LogP contribution in [0.2, 0.25) is 5.02 Å². The molecule has 3 amide bonds. The number of carbonyl (C=O) groups excluding carboxylic acids is 3. The SMILES string of the molecule is CC1CC(=O)Nc2ccccc2N1C(=O)COc1ccc(Cl)cc1C(N)=O. The minimum atomic E-state index is -0.705. The predicted molar refractivity (Wildman–Crippen MR) is 102 cm³/mol. The monoisotopic (exact) mass is 387 g/mol. The molecule has 0 saturated carbocycles. The van der Waals surface area contributed by atoms with Gasteiger partial charge in [-0.25, -0.2) is 0 Å². The fourth-order valence-corrected chi connectivity index (χ4v) is 3.17. The molecule has 1 unspecified atom stereocenters. The zero-order chi connectivity index (χ0) is 19.6. The Hall–Kier alpha value is -3.06. The van der Waals surface area contributed by atoms with E-state index in [9.17, 15) is 14.4 Å². The molecule has 7 nitrogen and oxygen atoms in total. The van der Waals surface area contributed by atoms with Gasteiger partial charge in [-0.1, -0.05) is 23.7 Å². The van der Waals surface area contributed by atoms with Crippen LogP contribution < -0.4 is 20.7 Å². The molecule has 1 aliphatic heterocycles. The van der Waals surface area contributed by atoms with Crippen LogP contribution in [0.4, 0.5) is 11.4 Å². The number of carbonyl (C=O) groups is 3. The summed E-state index contributed by atoms with van der Waals surface area (Å²) in [7, 11) is 0. The second-order valence-electron chi connectivity index (χ2n) is 6.18. The fourth-order valence-electron chi connectivity index (χ4n) is 3.00. The van der Waals surface area contributed by atoms with Gasteiger partial charge in [-0.3, -0.25) is 14.4 Å². The summed E-state index contributed by atoms with van der Waals surface area (Å²) in [6, 6.07) is 11.1. The smallest absolute Gasteiger partial charge is 0.265 e. The first kappa shape index (κ1) is 18.7. The van der Waals surface area contributed by atoms with Gasteiger partial charge in [0.2, 0.25) is 5.91 Å². The van der Waals surface area contributed by atoms with E-state index in [1.807, 2.05) is 0 Å². The molecule has 1 aliphatic rings.